The zero-order valence-electron chi connectivity index (χ0n) is 8.17. The third-order valence-electron chi connectivity index (χ3n) is 2.87. The zero-order valence-corrected chi connectivity index (χ0v) is 8.17. The Labute approximate surface area is 88.0 Å². The number of dihydropyridines is 1. The van der Waals surface area contributed by atoms with Gasteiger partial charge in [0.2, 0.25) is 0 Å². The van der Waals surface area contributed by atoms with Crippen LogP contribution in [0.4, 0.5) is 0 Å². The van der Waals surface area contributed by atoms with Crippen LogP contribution in [0.1, 0.15) is 17.3 Å². The van der Waals surface area contributed by atoms with Crippen LogP contribution in [0.5, 0.6) is 0 Å². The Hall–Kier alpha value is -1.90. The molecule has 15 heavy (non-hydrogen) atoms. The van der Waals surface area contributed by atoms with E-state index >= 15 is 0 Å². The van der Waals surface area contributed by atoms with E-state index in [0.717, 1.165) is 17.0 Å². The lowest BCUT2D eigenvalue weighted by atomic mass is 9.85. The third kappa shape index (κ3) is 1.20. The normalized spacial score (nSPS) is 26.8. The van der Waals surface area contributed by atoms with Gasteiger partial charge in [-0.3, -0.25) is 9.98 Å². The highest BCUT2D eigenvalue weighted by atomic mass is 14.9. The minimum atomic E-state index is 0.0659. The Morgan fingerprint density at radius 2 is 2.27 bits per heavy atom. The fraction of sp³-hybridized carbons (Fsp3) is 0.167. The highest BCUT2D eigenvalue weighted by molar-refractivity contribution is 5.75. The molecular formula is C12H11N3. The maximum absolute atomic E-state index is 5.94. The van der Waals surface area contributed by atoms with Crippen LogP contribution in [0.2, 0.25) is 0 Å². The molecular weight excluding hydrogens is 186 g/mol. The molecule has 2 heterocycles. The summed E-state index contributed by atoms with van der Waals surface area (Å²) in [6.45, 7) is 0. The highest BCUT2D eigenvalue weighted by Crippen LogP contribution is 2.37. The molecule has 1 aromatic heterocycles. The van der Waals surface area contributed by atoms with Crippen molar-refractivity contribution in [2.75, 3.05) is 0 Å². The summed E-state index contributed by atoms with van der Waals surface area (Å²) in [5.74, 6) is 0.178. The maximum atomic E-state index is 5.94. The first kappa shape index (κ1) is 8.41. The lowest BCUT2D eigenvalue weighted by Gasteiger charge is -2.28. The summed E-state index contributed by atoms with van der Waals surface area (Å²) in [4.78, 5) is 8.84. The monoisotopic (exact) mass is 197 g/mol. The first-order valence-corrected chi connectivity index (χ1v) is 4.98. The summed E-state index contributed by atoms with van der Waals surface area (Å²) in [6.07, 6.45) is 9.62. The predicted octanol–water partition coefficient (Wildman–Crippen LogP) is 1.69. The number of aromatic nitrogens is 1. The van der Waals surface area contributed by atoms with Crippen molar-refractivity contribution in [1.82, 2.24) is 4.98 Å². The van der Waals surface area contributed by atoms with Gasteiger partial charge in [0.15, 0.2) is 0 Å². The number of hydrogen-bond acceptors (Lipinski definition) is 3. The fourth-order valence-corrected chi connectivity index (χ4v) is 2.09. The second-order valence-electron chi connectivity index (χ2n) is 3.77. The topological polar surface area (TPSA) is 51.3 Å². The van der Waals surface area contributed by atoms with Gasteiger partial charge < -0.3 is 5.73 Å². The van der Waals surface area contributed by atoms with E-state index in [1.807, 2.05) is 12.1 Å². The number of nitrogens with two attached hydrogens (primary N) is 1. The van der Waals surface area contributed by atoms with Crippen LogP contribution in [-0.2, 0) is 0 Å². The molecule has 0 bridgehead atoms. The molecule has 3 nitrogen and oxygen atoms in total. The Morgan fingerprint density at radius 1 is 1.33 bits per heavy atom. The first-order valence-electron chi connectivity index (χ1n) is 4.98. The molecule has 0 radical (unpaired) electrons. The first-order chi connectivity index (χ1) is 7.36. The molecule has 0 saturated carbocycles. The lowest BCUT2D eigenvalue weighted by Crippen LogP contribution is -2.23. The van der Waals surface area contributed by atoms with E-state index < -0.39 is 0 Å². The Bertz CT molecular complexity index is 485. The molecule has 0 amide bonds. The van der Waals surface area contributed by atoms with Crippen molar-refractivity contribution in [3.63, 3.8) is 0 Å². The molecule has 0 saturated heterocycles. The summed E-state index contributed by atoms with van der Waals surface area (Å²) < 4.78 is 0. The van der Waals surface area contributed by atoms with Gasteiger partial charge in [0.1, 0.15) is 6.04 Å². The van der Waals surface area contributed by atoms with Gasteiger partial charge in [-0.1, -0.05) is 18.2 Å². The standard InChI is InChI=1S/C12H11N3/c13-10-5-7-15-12-9(10)4-3-8-2-1-6-14-11(8)12/h1-7,9,12H,13H2. The van der Waals surface area contributed by atoms with Crippen molar-refractivity contribution < 1.29 is 0 Å². The summed E-state index contributed by atoms with van der Waals surface area (Å²) >= 11 is 0. The lowest BCUT2D eigenvalue weighted by molar-refractivity contribution is 0.562. The molecule has 1 aliphatic heterocycles. The molecule has 2 atom stereocenters. The van der Waals surface area contributed by atoms with Crippen molar-refractivity contribution in [2.24, 2.45) is 16.6 Å². The van der Waals surface area contributed by atoms with Crippen LogP contribution in [-0.4, -0.2) is 11.2 Å². The van der Waals surface area contributed by atoms with Crippen molar-refractivity contribution >= 4 is 12.3 Å². The maximum Gasteiger partial charge on any atom is 0.104 e. The van der Waals surface area contributed by atoms with E-state index in [9.17, 15) is 0 Å². The number of fused-ring (bicyclic) bond motifs is 3. The van der Waals surface area contributed by atoms with Gasteiger partial charge in [-0.05, 0) is 17.7 Å². The quantitative estimate of drug-likeness (QED) is 0.688. The molecule has 2 unspecified atom stereocenters. The number of allylic oxidation sites excluding steroid dienone is 1. The summed E-state index contributed by atoms with van der Waals surface area (Å²) in [5.41, 5.74) is 8.97. The van der Waals surface area contributed by atoms with Crippen LogP contribution in [0, 0.1) is 5.92 Å². The third-order valence-corrected chi connectivity index (χ3v) is 2.87. The van der Waals surface area contributed by atoms with Crippen molar-refractivity contribution in [3.8, 4) is 0 Å². The number of hydrogen-bond donors (Lipinski definition) is 1. The van der Waals surface area contributed by atoms with E-state index in [4.69, 9.17) is 5.73 Å². The van der Waals surface area contributed by atoms with Gasteiger partial charge in [-0.2, -0.15) is 0 Å². The van der Waals surface area contributed by atoms with Crippen LogP contribution in [0.15, 0.2) is 41.2 Å². The van der Waals surface area contributed by atoms with Gasteiger partial charge in [0, 0.05) is 24.0 Å². The Morgan fingerprint density at radius 3 is 3.20 bits per heavy atom. The number of nitrogens with zero attached hydrogens (tertiary/aromatic N) is 2. The van der Waals surface area contributed by atoms with Crippen LogP contribution in [0.25, 0.3) is 6.08 Å². The molecule has 2 N–H and O–H groups in total. The van der Waals surface area contributed by atoms with E-state index in [2.05, 4.69) is 28.2 Å². The number of pyridine rings is 1. The largest absolute Gasteiger partial charge is 0.401 e. The molecule has 0 spiro atoms. The van der Waals surface area contributed by atoms with Crippen LogP contribution >= 0.6 is 0 Å². The SMILES string of the molecule is NC1=CC=NC2c3ncccc3C=CC12. The van der Waals surface area contributed by atoms with Gasteiger partial charge in [-0.25, -0.2) is 0 Å². The summed E-state index contributed by atoms with van der Waals surface area (Å²) in [6, 6.07) is 4.06. The van der Waals surface area contributed by atoms with Crippen molar-refractivity contribution in [3.05, 3.63) is 47.4 Å². The zero-order chi connectivity index (χ0) is 10.3. The van der Waals surface area contributed by atoms with Gasteiger partial charge in [-0.15, -0.1) is 0 Å². The van der Waals surface area contributed by atoms with E-state index in [1.54, 1.807) is 12.4 Å². The smallest absolute Gasteiger partial charge is 0.104 e. The fourth-order valence-electron chi connectivity index (χ4n) is 2.09. The van der Waals surface area contributed by atoms with Crippen LogP contribution in [0.3, 0.4) is 0 Å². The molecule has 0 aromatic carbocycles. The number of rotatable bonds is 0. The molecule has 1 aliphatic carbocycles. The van der Waals surface area contributed by atoms with Gasteiger partial charge in [0.25, 0.3) is 0 Å². The molecule has 1 aromatic rings. The summed E-state index contributed by atoms with van der Waals surface area (Å²) in [7, 11) is 0. The molecule has 3 rings (SSSR count). The Kier molecular flexibility index (Phi) is 1.71. The second kappa shape index (κ2) is 3.05. The second-order valence-corrected chi connectivity index (χ2v) is 3.77. The Balaban J connectivity index is 2.15. The van der Waals surface area contributed by atoms with E-state index in [0.29, 0.717) is 0 Å². The number of aliphatic imine (C=N–C) groups is 1. The molecule has 74 valence electrons. The van der Waals surface area contributed by atoms with E-state index in [1.165, 1.54) is 0 Å². The average Bonchev–Trinajstić information content (AvgIpc) is 2.29. The summed E-state index contributed by atoms with van der Waals surface area (Å²) in [5, 5.41) is 0. The van der Waals surface area contributed by atoms with Crippen molar-refractivity contribution in [2.45, 2.75) is 6.04 Å². The van der Waals surface area contributed by atoms with Crippen molar-refractivity contribution in [1.29, 1.82) is 0 Å². The molecule has 2 aliphatic rings. The minimum absolute atomic E-state index is 0.0659. The van der Waals surface area contributed by atoms with Gasteiger partial charge in [0.05, 0.1) is 5.69 Å². The van der Waals surface area contributed by atoms with Crippen LogP contribution < -0.4 is 5.73 Å². The molecule has 3 heteroatoms. The predicted molar refractivity (Wildman–Crippen MR) is 60.3 cm³/mol. The van der Waals surface area contributed by atoms with E-state index in [-0.39, 0.29) is 12.0 Å². The highest BCUT2D eigenvalue weighted by Gasteiger charge is 2.29. The van der Waals surface area contributed by atoms with Gasteiger partial charge >= 0.3 is 0 Å². The minimum Gasteiger partial charge on any atom is -0.401 e. The molecule has 0 fully saturated rings. The average molecular weight is 197 g/mol.